The summed E-state index contributed by atoms with van der Waals surface area (Å²) in [5.74, 6) is 0.238. The molecule has 0 saturated heterocycles. The average Bonchev–Trinajstić information content (AvgIpc) is 2.34. The van der Waals surface area contributed by atoms with Gasteiger partial charge in [0.05, 0.1) is 26.4 Å². The van der Waals surface area contributed by atoms with Gasteiger partial charge in [-0.1, -0.05) is 20.3 Å². The predicted molar refractivity (Wildman–Crippen MR) is 77.8 cm³/mol. The Hall–Kier alpha value is -0.650. The lowest BCUT2D eigenvalue weighted by molar-refractivity contribution is -0.160. The first kappa shape index (κ1) is 19.4. The van der Waals surface area contributed by atoms with Crippen LogP contribution >= 0.6 is 0 Å². The van der Waals surface area contributed by atoms with Crippen LogP contribution in [0.2, 0.25) is 0 Å². The fourth-order valence-electron chi connectivity index (χ4n) is 1.27. The van der Waals surface area contributed by atoms with Crippen molar-refractivity contribution in [3.8, 4) is 0 Å². The van der Waals surface area contributed by atoms with E-state index in [1.165, 1.54) is 0 Å². The van der Waals surface area contributed by atoms with E-state index in [1.54, 1.807) is 0 Å². The number of hydrogen-bond donors (Lipinski definition) is 0. The standard InChI is InChI=1S/C15H30O5/c1-6-13(2)11-18-9-7-17-8-10-19-12-14(16)20-15(3,4)5/h13H,6-12H2,1-5H3. The molecule has 0 aliphatic rings. The minimum Gasteiger partial charge on any atom is -0.458 e. The van der Waals surface area contributed by atoms with E-state index in [0.29, 0.717) is 32.3 Å². The van der Waals surface area contributed by atoms with Crippen LogP contribution in [-0.2, 0) is 23.7 Å². The highest BCUT2D eigenvalue weighted by atomic mass is 16.6. The van der Waals surface area contributed by atoms with Crippen LogP contribution < -0.4 is 0 Å². The van der Waals surface area contributed by atoms with Crippen molar-refractivity contribution in [2.45, 2.75) is 46.6 Å². The molecule has 0 saturated carbocycles. The second-order valence-electron chi connectivity index (χ2n) is 5.84. The molecular formula is C15H30O5. The van der Waals surface area contributed by atoms with Gasteiger partial charge in [0.1, 0.15) is 12.2 Å². The van der Waals surface area contributed by atoms with Crippen LogP contribution in [0.15, 0.2) is 0 Å². The summed E-state index contributed by atoms with van der Waals surface area (Å²) in [5.41, 5.74) is -0.468. The third kappa shape index (κ3) is 13.8. The third-order valence-electron chi connectivity index (χ3n) is 2.48. The van der Waals surface area contributed by atoms with E-state index >= 15 is 0 Å². The highest BCUT2D eigenvalue weighted by molar-refractivity contribution is 5.71. The molecule has 0 spiro atoms. The van der Waals surface area contributed by atoms with Gasteiger partial charge in [-0.25, -0.2) is 4.79 Å². The van der Waals surface area contributed by atoms with Crippen molar-refractivity contribution >= 4 is 5.97 Å². The normalized spacial score (nSPS) is 13.2. The number of hydrogen-bond acceptors (Lipinski definition) is 5. The topological polar surface area (TPSA) is 54.0 Å². The lowest BCUT2D eigenvalue weighted by atomic mass is 10.1. The zero-order chi connectivity index (χ0) is 15.4. The molecule has 0 heterocycles. The van der Waals surface area contributed by atoms with E-state index in [-0.39, 0.29) is 12.6 Å². The van der Waals surface area contributed by atoms with Crippen LogP contribution in [0.4, 0.5) is 0 Å². The first-order chi connectivity index (χ1) is 9.35. The molecular weight excluding hydrogens is 260 g/mol. The smallest absolute Gasteiger partial charge is 0.332 e. The molecule has 20 heavy (non-hydrogen) atoms. The Bertz CT molecular complexity index is 247. The average molecular weight is 290 g/mol. The van der Waals surface area contributed by atoms with E-state index in [4.69, 9.17) is 18.9 Å². The second-order valence-corrected chi connectivity index (χ2v) is 5.84. The summed E-state index contributed by atoms with van der Waals surface area (Å²) in [6, 6.07) is 0. The van der Waals surface area contributed by atoms with Crippen LogP contribution in [0.1, 0.15) is 41.0 Å². The van der Waals surface area contributed by atoms with Crippen molar-refractivity contribution in [2.75, 3.05) is 39.6 Å². The molecule has 0 aromatic carbocycles. The van der Waals surface area contributed by atoms with Crippen LogP contribution in [0, 0.1) is 5.92 Å². The predicted octanol–water partition coefficient (Wildman–Crippen LogP) is 2.42. The molecule has 0 aromatic heterocycles. The molecule has 0 radical (unpaired) electrons. The van der Waals surface area contributed by atoms with Gasteiger partial charge in [-0.3, -0.25) is 0 Å². The Morgan fingerprint density at radius 3 is 2.10 bits per heavy atom. The van der Waals surface area contributed by atoms with Gasteiger partial charge < -0.3 is 18.9 Å². The lowest BCUT2D eigenvalue weighted by Crippen LogP contribution is -2.27. The molecule has 1 atom stereocenters. The Labute approximate surface area is 122 Å². The van der Waals surface area contributed by atoms with Crippen molar-refractivity contribution in [2.24, 2.45) is 5.92 Å². The number of carbonyl (C=O) groups excluding carboxylic acids is 1. The van der Waals surface area contributed by atoms with Gasteiger partial charge in [0.15, 0.2) is 0 Å². The van der Waals surface area contributed by atoms with Gasteiger partial charge in [0.25, 0.3) is 0 Å². The molecule has 1 unspecified atom stereocenters. The Morgan fingerprint density at radius 2 is 1.55 bits per heavy atom. The summed E-state index contributed by atoms with van der Waals surface area (Å²) < 4.78 is 21.0. The van der Waals surface area contributed by atoms with Crippen molar-refractivity contribution in [1.82, 2.24) is 0 Å². The van der Waals surface area contributed by atoms with Gasteiger partial charge in [-0.15, -0.1) is 0 Å². The minimum atomic E-state index is -0.468. The maximum atomic E-state index is 11.3. The Kier molecular flexibility index (Phi) is 10.7. The monoisotopic (exact) mass is 290 g/mol. The highest BCUT2D eigenvalue weighted by Crippen LogP contribution is 2.06. The van der Waals surface area contributed by atoms with E-state index in [1.807, 2.05) is 20.8 Å². The quantitative estimate of drug-likeness (QED) is 0.432. The van der Waals surface area contributed by atoms with Crippen molar-refractivity contribution in [1.29, 1.82) is 0 Å². The third-order valence-corrected chi connectivity index (χ3v) is 2.48. The molecule has 5 heteroatoms. The molecule has 0 aliphatic heterocycles. The van der Waals surface area contributed by atoms with E-state index < -0.39 is 5.60 Å². The molecule has 0 aliphatic carbocycles. The van der Waals surface area contributed by atoms with E-state index in [0.717, 1.165) is 13.0 Å². The van der Waals surface area contributed by atoms with Gasteiger partial charge in [0, 0.05) is 6.61 Å². The number of esters is 1. The molecule has 0 amide bonds. The van der Waals surface area contributed by atoms with Crippen molar-refractivity contribution in [3.63, 3.8) is 0 Å². The van der Waals surface area contributed by atoms with Gasteiger partial charge >= 0.3 is 5.97 Å². The second kappa shape index (κ2) is 11.1. The fourth-order valence-corrected chi connectivity index (χ4v) is 1.27. The molecule has 0 fully saturated rings. The highest BCUT2D eigenvalue weighted by Gasteiger charge is 2.15. The summed E-state index contributed by atoms with van der Waals surface area (Å²) in [7, 11) is 0. The lowest BCUT2D eigenvalue weighted by Gasteiger charge is -2.19. The maximum absolute atomic E-state index is 11.3. The zero-order valence-electron chi connectivity index (χ0n) is 13.6. The van der Waals surface area contributed by atoms with Gasteiger partial charge in [-0.2, -0.15) is 0 Å². The molecule has 0 bridgehead atoms. The summed E-state index contributed by atoms with van der Waals surface area (Å²) in [6.07, 6.45) is 1.12. The number of carbonyl (C=O) groups is 1. The summed E-state index contributed by atoms with van der Waals surface area (Å²) in [6.45, 7) is 12.5. The summed E-state index contributed by atoms with van der Waals surface area (Å²) >= 11 is 0. The van der Waals surface area contributed by atoms with Gasteiger partial charge in [-0.05, 0) is 26.7 Å². The summed E-state index contributed by atoms with van der Waals surface area (Å²) in [4.78, 5) is 11.3. The first-order valence-electron chi connectivity index (χ1n) is 7.30. The maximum Gasteiger partial charge on any atom is 0.332 e. The molecule has 0 aromatic rings. The van der Waals surface area contributed by atoms with Crippen LogP contribution in [0.5, 0.6) is 0 Å². The van der Waals surface area contributed by atoms with E-state index in [9.17, 15) is 4.79 Å². The summed E-state index contributed by atoms with van der Waals surface area (Å²) in [5, 5.41) is 0. The molecule has 0 rings (SSSR count). The SMILES string of the molecule is CCC(C)COCCOCCOCC(=O)OC(C)(C)C. The van der Waals surface area contributed by atoms with Gasteiger partial charge in [0.2, 0.25) is 0 Å². The molecule has 120 valence electrons. The van der Waals surface area contributed by atoms with Crippen LogP contribution in [0.3, 0.4) is 0 Å². The first-order valence-corrected chi connectivity index (χ1v) is 7.30. The molecule has 5 nitrogen and oxygen atoms in total. The number of rotatable bonds is 11. The van der Waals surface area contributed by atoms with E-state index in [2.05, 4.69) is 13.8 Å². The molecule has 0 N–H and O–H groups in total. The Balaban J connectivity index is 3.27. The minimum absolute atomic E-state index is 0.0366. The zero-order valence-corrected chi connectivity index (χ0v) is 13.6. The largest absolute Gasteiger partial charge is 0.458 e. The van der Waals surface area contributed by atoms with Crippen LogP contribution in [-0.4, -0.2) is 51.2 Å². The fraction of sp³-hybridized carbons (Fsp3) is 0.933. The van der Waals surface area contributed by atoms with Crippen LogP contribution in [0.25, 0.3) is 0 Å². The number of ether oxygens (including phenoxy) is 4. The van der Waals surface area contributed by atoms with Crippen molar-refractivity contribution in [3.05, 3.63) is 0 Å². The van der Waals surface area contributed by atoms with Crippen molar-refractivity contribution < 1.29 is 23.7 Å². The Morgan fingerprint density at radius 1 is 1.00 bits per heavy atom.